The Labute approximate surface area is 275 Å². The van der Waals surface area contributed by atoms with Gasteiger partial charge in [-0.15, -0.1) is 0 Å². The number of nitrogens with zero attached hydrogens (tertiary/aromatic N) is 3. The average molecular weight is 633 g/mol. The van der Waals surface area contributed by atoms with Gasteiger partial charge in [0, 0.05) is 48.9 Å². The van der Waals surface area contributed by atoms with Gasteiger partial charge < -0.3 is 19.9 Å². The number of methoxy groups -OCH3 is 1. The highest BCUT2D eigenvalue weighted by Gasteiger charge is 2.29. The van der Waals surface area contributed by atoms with Gasteiger partial charge in [-0.2, -0.15) is 0 Å². The Morgan fingerprint density at radius 1 is 0.891 bits per heavy atom. The molecule has 4 aromatic carbocycles. The van der Waals surface area contributed by atoms with E-state index in [0.29, 0.717) is 23.6 Å². The number of anilines is 2. The van der Waals surface area contributed by atoms with Gasteiger partial charge in [-0.1, -0.05) is 65.9 Å². The van der Waals surface area contributed by atoms with Gasteiger partial charge in [0.15, 0.2) is 0 Å². The smallest absolute Gasteiger partial charge is 0.265 e. The molecule has 4 aromatic rings. The van der Waals surface area contributed by atoms with Gasteiger partial charge in [0.2, 0.25) is 0 Å². The van der Waals surface area contributed by atoms with Crippen molar-refractivity contribution in [2.24, 2.45) is 0 Å². The van der Waals surface area contributed by atoms with E-state index in [0.717, 1.165) is 66.6 Å². The highest BCUT2D eigenvalue weighted by molar-refractivity contribution is 8.04. The summed E-state index contributed by atoms with van der Waals surface area (Å²) in [5.41, 5.74) is 5.93. The molecule has 2 aliphatic heterocycles. The molecule has 46 heavy (non-hydrogen) atoms. The van der Waals surface area contributed by atoms with E-state index in [1.165, 1.54) is 23.0 Å². The zero-order valence-corrected chi connectivity index (χ0v) is 27.3. The molecule has 8 heteroatoms. The van der Waals surface area contributed by atoms with Crippen molar-refractivity contribution >= 4 is 41.0 Å². The molecule has 0 radical (unpaired) electrons. The molecule has 0 atom stereocenters. The second-order valence-electron chi connectivity index (χ2n) is 11.7. The van der Waals surface area contributed by atoms with Gasteiger partial charge in [-0.3, -0.25) is 14.5 Å². The number of carbonyl (C=O) groups is 2. The van der Waals surface area contributed by atoms with Crippen LogP contribution in [0.5, 0.6) is 5.75 Å². The molecule has 0 unspecified atom stereocenters. The number of para-hydroxylation sites is 1. The molecule has 2 heterocycles. The standard InChI is InChI=1S/C38H40N4O3S/c1-28-8-10-30(11-9-28)27-42-34-6-3-4-7-35(34)46-36(38(42)44)26-29-12-14-31(15-13-29)37(43)39-20-5-21-40-22-24-41(25-23-40)32-16-18-33(45-2)19-17-32/h3-4,6-19,26H,5,20-25,27H2,1-2H3,(H,39,43)/b36-26+. The second kappa shape index (κ2) is 14.7. The first-order chi connectivity index (χ1) is 22.5. The van der Waals surface area contributed by atoms with Gasteiger partial charge in [-0.05, 0) is 85.6 Å². The van der Waals surface area contributed by atoms with Crippen molar-refractivity contribution in [2.45, 2.75) is 24.8 Å². The van der Waals surface area contributed by atoms with Crippen LogP contribution in [0, 0.1) is 6.92 Å². The molecule has 2 aliphatic rings. The summed E-state index contributed by atoms with van der Waals surface area (Å²) in [6.45, 7) is 8.15. The van der Waals surface area contributed by atoms with Crippen LogP contribution in [0.2, 0.25) is 0 Å². The predicted molar refractivity (Wildman–Crippen MR) is 188 cm³/mol. The maximum atomic E-state index is 13.7. The molecular formula is C38H40N4O3S. The average Bonchev–Trinajstić information content (AvgIpc) is 3.10. The molecule has 1 fully saturated rings. The Kier molecular flexibility index (Phi) is 10.1. The summed E-state index contributed by atoms with van der Waals surface area (Å²) in [5.74, 6) is 0.776. The Morgan fingerprint density at radius 2 is 1.61 bits per heavy atom. The van der Waals surface area contributed by atoms with Crippen LogP contribution in [0.15, 0.2) is 107 Å². The molecule has 0 spiro atoms. The monoisotopic (exact) mass is 632 g/mol. The number of amides is 2. The molecule has 0 aliphatic carbocycles. The van der Waals surface area contributed by atoms with Crippen LogP contribution in [0.25, 0.3) is 6.08 Å². The lowest BCUT2D eigenvalue weighted by Crippen LogP contribution is -2.47. The Bertz CT molecular complexity index is 1680. The van der Waals surface area contributed by atoms with Gasteiger partial charge >= 0.3 is 0 Å². The zero-order chi connectivity index (χ0) is 31.9. The summed E-state index contributed by atoms with van der Waals surface area (Å²) in [6.07, 6.45) is 2.82. The lowest BCUT2D eigenvalue weighted by molar-refractivity contribution is -0.114. The highest BCUT2D eigenvalue weighted by Crippen LogP contribution is 2.42. The number of fused-ring (bicyclic) bond motifs is 1. The van der Waals surface area contributed by atoms with Crippen LogP contribution in [-0.4, -0.2) is 63.1 Å². The lowest BCUT2D eigenvalue weighted by atomic mass is 10.1. The number of hydrogen-bond donors (Lipinski definition) is 1. The van der Waals surface area contributed by atoms with Gasteiger partial charge in [0.05, 0.1) is 24.2 Å². The second-order valence-corrected chi connectivity index (χ2v) is 12.8. The molecule has 7 nitrogen and oxygen atoms in total. The third kappa shape index (κ3) is 7.63. The lowest BCUT2D eigenvalue weighted by Gasteiger charge is -2.36. The van der Waals surface area contributed by atoms with Gasteiger partial charge in [-0.25, -0.2) is 0 Å². The fourth-order valence-corrected chi connectivity index (χ4v) is 6.87. The van der Waals surface area contributed by atoms with E-state index >= 15 is 0 Å². The van der Waals surface area contributed by atoms with E-state index in [1.807, 2.05) is 65.6 Å². The van der Waals surface area contributed by atoms with E-state index in [1.54, 1.807) is 7.11 Å². The van der Waals surface area contributed by atoms with E-state index in [2.05, 4.69) is 64.5 Å². The van der Waals surface area contributed by atoms with Crippen molar-refractivity contribution in [3.8, 4) is 5.75 Å². The topological polar surface area (TPSA) is 65.1 Å². The normalized spacial score (nSPS) is 16.0. The summed E-state index contributed by atoms with van der Waals surface area (Å²) in [4.78, 5) is 34.9. The molecule has 0 bridgehead atoms. The van der Waals surface area contributed by atoms with Crippen LogP contribution in [0.3, 0.4) is 0 Å². The maximum Gasteiger partial charge on any atom is 0.265 e. The van der Waals surface area contributed by atoms with E-state index in [-0.39, 0.29) is 11.8 Å². The van der Waals surface area contributed by atoms with Crippen molar-refractivity contribution in [1.82, 2.24) is 10.2 Å². The van der Waals surface area contributed by atoms with Crippen molar-refractivity contribution < 1.29 is 14.3 Å². The Morgan fingerprint density at radius 3 is 2.33 bits per heavy atom. The molecule has 0 aromatic heterocycles. The molecule has 236 valence electrons. The predicted octanol–water partition coefficient (Wildman–Crippen LogP) is 6.63. The number of aryl methyl sites for hydroxylation is 1. The number of thioether (sulfide) groups is 1. The van der Waals surface area contributed by atoms with E-state index in [9.17, 15) is 9.59 Å². The van der Waals surface area contributed by atoms with Gasteiger partial charge in [0.1, 0.15) is 5.75 Å². The fourth-order valence-electron chi connectivity index (χ4n) is 5.81. The number of carbonyl (C=O) groups excluding carboxylic acids is 2. The minimum atomic E-state index is -0.0788. The minimum absolute atomic E-state index is 0.0201. The first-order valence-corrected chi connectivity index (χ1v) is 16.6. The quantitative estimate of drug-likeness (QED) is 0.157. The third-order valence-electron chi connectivity index (χ3n) is 8.51. The molecule has 2 amide bonds. The summed E-state index contributed by atoms with van der Waals surface area (Å²) in [6, 6.07) is 32.0. The fraction of sp³-hybridized carbons (Fsp3) is 0.263. The summed E-state index contributed by atoms with van der Waals surface area (Å²) in [5, 5.41) is 3.07. The van der Waals surface area contributed by atoms with Crippen LogP contribution in [-0.2, 0) is 11.3 Å². The number of rotatable bonds is 10. The van der Waals surface area contributed by atoms with Crippen molar-refractivity contribution in [1.29, 1.82) is 0 Å². The number of piperazine rings is 1. The van der Waals surface area contributed by atoms with Crippen molar-refractivity contribution in [2.75, 3.05) is 56.2 Å². The first-order valence-electron chi connectivity index (χ1n) is 15.8. The van der Waals surface area contributed by atoms with E-state index < -0.39 is 0 Å². The number of benzene rings is 4. The van der Waals surface area contributed by atoms with E-state index in [4.69, 9.17) is 4.74 Å². The first kappa shape index (κ1) is 31.5. The summed E-state index contributed by atoms with van der Waals surface area (Å²) >= 11 is 1.49. The maximum absolute atomic E-state index is 13.7. The molecule has 1 N–H and O–H groups in total. The van der Waals surface area contributed by atoms with Crippen molar-refractivity contribution in [3.63, 3.8) is 0 Å². The molecule has 1 saturated heterocycles. The van der Waals surface area contributed by atoms with Crippen LogP contribution in [0.1, 0.15) is 33.5 Å². The minimum Gasteiger partial charge on any atom is -0.497 e. The van der Waals surface area contributed by atoms with Crippen LogP contribution >= 0.6 is 11.8 Å². The summed E-state index contributed by atoms with van der Waals surface area (Å²) < 4.78 is 5.27. The van der Waals surface area contributed by atoms with Crippen LogP contribution < -0.4 is 19.9 Å². The van der Waals surface area contributed by atoms with Crippen LogP contribution in [0.4, 0.5) is 11.4 Å². The Balaban J connectivity index is 0.994. The molecular weight excluding hydrogens is 593 g/mol. The SMILES string of the molecule is COc1ccc(N2CCN(CCCNC(=O)c3ccc(/C=C4/Sc5ccccc5N(Cc5ccc(C)cc5)C4=O)cc3)CC2)cc1. The third-order valence-corrected chi connectivity index (χ3v) is 9.59. The van der Waals surface area contributed by atoms with Gasteiger partial charge in [0.25, 0.3) is 11.8 Å². The number of ether oxygens (including phenoxy) is 1. The van der Waals surface area contributed by atoms with Crippen molar-refractivity contribution in [3.05, 3.63) is 124 Å². The number of nitrogens with one attached hydrogen (secondary N) is 1. The zero-order valence-electron chi connectivity index (χ0n) is 26.4. The molecule has 0 saturated carbocycles. The summed E-state index contributed by atoms with van der Waals surface area (Å²) in [7, 11) is 1.69. The largest absolute Gasteiger partial charge is 0.497 e. The number of hydrogen-bond acceptors (Lipinski definition) is 6. The Hall–Kier alpha value is -4.53. The highest BCUT2D eigenvalue weighted by atomic mass is 32.2. The molecule has 6 rings (SSSR count).